The Bertz CT molecular complexity index is 684. The quantitative estimate of drug-likeness (QED) is 0.898. The molecule has 0 saturated heterocycles. The Balaban J connectivity index is 1.37. The van der Waals surface area contributed by atoms with E-state index < -0.39 is 6.10 Å². The minimum absolute atomic E-state index is 0.215. The van der Waals surface area contributed by atoms with Crippen LogP contribution in [0.15, 0.2) is 28.9 Å². The number of hydrogen-bond acceptors (Lipinski definition) is 4. The fraction of sp³-hybridized carbons (Fsp3) is 0.556. The van der Waals surface area contributed by atoms with Crippen molar-refractivity contribution in [2.24, 2.45) is 5.92 Å². The van der Waals surface area contributed by atoms with Gasteiger partial charge in [-0.25, -0.2) is 0 Å². The lowest BCUT2D eigenvalue weighted by Crippen LogP contribution is -2.39. The van der Waals surface area contributed by atoms with Crippen LogP contribution in [0.1, 0.15) is 47.6 Å². The molecule has 1 fully saturated rings. The second kappa shape index (κ2) is 6.43. The number of fused-ring (bicyclic) bond motifs is 1. The third-order valence-corrected chi connectivity index (χ3v) is 5.17. The monoisotopic (exact) mass is 329 g/mol. The molecule has 6 heteroatoms. The van der Waals surface area contributed by atoms with Crippen LogP contribution in [-0.2, 0) is 19.4 Å². The summed E-state index contributed by atoms with van der Waals surface area (Å²) in [4.78, 5) is 12.5. The number of nitrogens with zero attached hydrogens (tertiary/aromatic N) is 2. The van der Waals surface area contributed by atoms with Gasteiger partial charge in [-0.1, -0.05) is 0 Å². The van der Waals surface area contributed by atoms with Crippen LogP contribution in [0.2, 0.25) is 0 Å². The Kier molecular flexibility index (Phi) is 4.14. The summed E-state index contributed by atoms with van der Waals surface area (Å²) < 4.78 is 7.59. The molecular weight excluding hydrogens is 306 g/mol. The first kappa shape index (κ1) is 15.4. The zero-order valence-corrected chi connectivity index (χ0v) is 13.6. The van der Waals surface area contributed by atoms with E-state index in [0.717, 1.165) is 50.0 Å². The van der Waals surface area contributed by atoms with Gasteiger partial charge in [0.2, 0.25) is 0 Å². The van der Waals surface area contributed by atoms with E-state index in [4.69, 9.17) is 4.42 Å². The highest BCUT2D eigenvalue weighted by Gasteiger charge is 2.35. The topological polar surface area (TPSA) is 80.3 Å². The van der Waals surface area contributed by atoms with Crippen molar-refractivity contribution in [2.45, 2.75) is 57.2 Å². The van der Waals surface area contributed by atoms with Gasteiger partial charge >= 0.3 is 0 Å². The molecule has 2 aromatic rings. The summed E-state index contributed by atoms with van der Waals surface area (Å²) in [6, 6.07) is 3.54. The molecule has 2 N–H and O–H groups in total. The van der Waals surface area contributed by atoms with E-state index in [9.17, 15) is 9.90 Å². The maximum Gasteiger partial charge on any atom is 0.287 e. The molecule has 1 amide bonds. The fourth-order valence-corrected chi connectivity index (χ4v) is 3.94. The SMILES string of the molecule is O=C(N[C@@H]1CC(Cn2cccn2)C[C@H]1O)c1cc2c(o1)CCCC2. The summed E-state index contributed by atoms with van der Waals surface area (Å²) in [5.74, 6) is 1.43. The van der Waals surface area contributed by atoms with E-state index >= 15 is 0 Å². The molecule has 6 nitrogen and oxygen atoms in total. The Morgan fingerprint density at radius 1 is 1.38 bits per heavy atom. The van der Waals surface area contributed by atoms with Crippen molar-refractivity contribution in [3.05, 3.63) is 41.6 Å². The van der Waals surface area contributed by atoms with Crippen LogP contribution < -0.4 is 5.32 Å². The predicted octanol–water partition coefficient (Wildman–Crippen LogP) is 1.92. The third-order valence-electron chi connectivity index (χ3n) is 5.17. The number of carbonyl (C=O) groups is 1. The number of aliphatic hydroxyl groups is 1. The minimum Gasteiger partial charge on any atom is -0.456 e. The molecule has 0 aliphatic heterocycles. The lowest BCUT2D eigenvalue weighted by molar-refractivity contribution is 0.0844. The number of hydrogen-bond donors (Lipinski definition) is 2. The van der Waals surface area contributed by atoms with Gasteiger partial charge in [-0.15, -0.1) is 0 Å². The highest BCUT2D eigenvalue weighted by atomic mass is 16.4. The van der Waals surface area contributed by atoms with Crippen LogP contribution in [-0.4, -0.2) is 32.9 Å². The lowest BCUT2D eigenvalue weighted by Gasteiger charge is -2.15. The van der Waals surface area contributed by atoms with Crippen LogP contribution in [0.3, 0.4) is 0 Å². The number of rotatable bonds is 4. The Morgan fingerprint density at radius 2 is 2.25 bits per heavy atom. The van der Waals surface area contributed by atoms with E-state index in [-0.39, 0.29) is 11.9 Å². The summed E-state index contributed by atoms with van der Waals surface area (Å²) in [6.07, 6.45) is 8.79. The maximum atomic E-state index is 12.5. The van der Waals surface area contributed by atoms with E-state index in [1.807, 2.05) is 23.0 Å². The number of aryl methyl sites for hydroxylation is 2. The summed E-state index contributed by atoms with van der Waals surface area (Å²) in [5, 5.41) is 17.4. The van der Waals surface area contributed by atoms with Crippen LogP contribution in [0.4, 0.5) is 0 Å². The van der Waals surface area contributed by atoms with Crippen LogP contribution in [0, 0.1) is 5.92 Å². The first-order valence-corrected chi connectivity index (χ1v) is 8.77. The number of carbonyl (C=O) groups excluding carboxylic acids is 1. The van der Waals surface area contributed by atoms with Crippen LogP contribution in [0.25, 0.3) is 0 Å². The summed E-state index contributed by atoms with van der Waals surface area (Å²) in [7, 11) is 0. The molecule has 128 valence electrons. The molecule has 1 unspecified atom stereocenters. The van der Waals surface area contributed by atoms with Crippen molar-refractivity contribution in [1.82, 2.24) is 15.1 Å². The van der Waals surface area contributed by atoms with Gasteiger partial charge in [0.1, 0.15) is 5.76 Å². The summed E-state index contributed by atoms with van der Waals surface area (Å²) in [6.45, 7) is 0.769. The van der Waals surface area contributed by atoms with E-state index in [1.165, 1.54) is 0 Å². The number of aliphatic hydroxyl groups excluding tert-OH is 1. The van der Waals surface area contributed by atoms with E-state index in [0.29, 0.717) is 18.1 Å². The zero-order valence-electron chi connectivity index (χ0n) is 13.6. The molecule has 2 aromatic heterocycles. The second-order valence-electron chi connectivity index (χ2n) is 6.98. The standard InChI is InChI=1S/C18H23N3O3/c22-15-9-12(11-21-7-3-6-19-21)8-14(15)20-18(23)17-10-13-4-1-2-5-16(13)24-17/h3,6-7,10,12,14-15,22H,1-2,4-5,8-9,11H2,(H,20,23)/t12?,14-,15-/m1/s1. The van der Waals surface area contributed by atoms with Crippen molar-refractivity contribution in [3.8, 4) is 0 Å². The van der Waals surface area contributed by atoms with Gasteiger partial charge in [-0.05, 0) is 55.7 Å². The molecule has 0 bridgehead atoms. The fourth-order valence-electron chi connectivity index (χ4n) is 3.94. The van der Waals surface area contributed by atoms with Gasteiger partial charge in [-0.2, -0.15) is 5.10 Å². The van der Waals surface area contributed by atoms with Crippen molar-refractivity contribution in [2.75, 3.05) is 0 Å². The summed E-state index contributed by atoms with van der Waals surface area (Å²) in [5.41, 5.74) is 1.16. The normalized spacial score (nSPS) is 26.3. The predicted molar refractivity (Wildman–Crippen MR) is 87.6 cm³/mol. The molecule has 2 aliphatic rings. The number of furan rings is 1. The molecule has 3 atom stereocenters. The Labute approximate surface area is 140 Å². The van der Waals surface area contributed by atoms with Gasteiger partial charge in [-0.3, -0.25) is 9.48 Å². The van der Waals surface area contributed by atoms with Gasteiger partial charge in [0.25, 0.3) is 5.91 Å². The number of aromatic nitrogens is 2. The van der Waals surface area contributed by atoms with E-state index in [2.05, 4.69) is 10.4 Å². The number of amides is 1. The van der Waals surface area contributed by atoms with E-state index in [1.54, 1.807) is 6.20 Å². The van der Waals surface area contributed by atoms with Gasteiger partial charge in [0.15, 0.2) is 5.76 Å². The molecule has 0 radical (unpaired) electrons. The molecule has 0 spiro atoms. The van der Waals surface area contributed by atoms with Gasteiger partial charge in [0, 0.05) is 25.4 Å². The van der Waals surface area contributed by atoms with Crippen molar-refractivity contribution in [3.63, 3.8) is 0 Å². The smallest absolute Gasteiger partial charge is 0.287 e. The first-order chi connectivity index (χ1) is 11.7. The highest BCUT2D eigenvalue weighted by Crippen LogP contribution is 2.29. The van der Waals surface area contributed by atoms with Crippen molar-refractivity contribution >= 4 is 5.91 Å². The number of nitrogens with one attached hydrogen (secondary N) is 1. The molecule has 0 aromatic carbocycles. The molecule has 2 heterocycles. The average Bonchev–Trinajstić information content (AvgIpc) is 3.28. The van der Waals surface area contributed by atoms with Gasteiger partial charge in [0.05, 0.1) is 12.1 Å². The van der Waals surface area contributed by atoms with Crippen molar-refractivity contribution < 1.29 is 14.3 Å². The maximum absolute atomic E-state index is 12.5. The zero-order chi connectivity index (χ0) is 16.5. The Morgan fingerprint density at radius 3 is 3.04 bits per heavy atom. The van der Waals surface area contributed by atoms with Crippen LogP contribution in [0.5, 0.6) is 0 Å². The molecular formula is C18H23N3O3. The highest BCUT2D eigenvalue weighted by molar-refractivity contribution is 5.92. The Hall–Kier alpha value is -2.08. The second-order valence-corrected chi connectivity index (χ2v) is 6.98. The van der Waals surface area contributed by atoms with Gasteiger partial charge < -0.3 is 14.8 Å². The minimum atomic E-state index is -0.515. The largest absolute Gasteiger partial charge is 0.456 e. The third kappa shape index (κ3) is 3.11. The van der Waals surface area contributed by atoms with Crippen molar-refractivity contribution in [1.29, 1.82) is 0 Å². The molecule has 1 saturated carbocycles. The lowest BCUT2D eigenvalue weighted by atomic mass is 9.99. The van der Waals surface area contributed by atoms with Crippen LogP contribution >= 0.6 is 0 Å². The average molecular weight is 329 g/mol. The first-order valence-electron chi connectivity index (χ1n) is 8.77. The summed E-state index contributed by atoms with van der Waals surface area (Å²) >= 11 is 0. The molecule has 4 rings (SSSR count). The molecule has 2 aliphatic carbocycles. The molecule has 24 heavy (non-hydrogen) atoms.